The van der Waals surface area contributed by atoms with E-state index in [1.807, 2.05) is 42.3 Å². The summed E-state index contributed by atoms with van der Waals surface area (Å²) in [6.45, 7) is 9.05. The Morgan fingerprint density at radius 1 is 1.15 bits per heavy atom. The van der Waals surface area contributed by atoms with Crippen molar-refractivity contribution in [2.45, 2.75) is 57.3 Å². The number of rotatable bonds is 7. The van der Waals surface area contributed by atoms with Crippen LogP contribution >= 0.6 is 11.6 Å². The molecule has 206 valence electrons. The highest BCUT2D eigenvalue weighted by atomic mass is 35.5. The van der Waals surface area contributed by atoms with Crippen LogP contribution in [0.25, 0.3) is 33.2 Å². The van der Waals surface area contributed by atoms with Crippen LogP contribution in [-0.2, 0) is 18.5 Å². The molecule has 39 heavy (non-hydrogen) atoms. The van der Waals surface area contributed by atoms with Gasteiger partial charge in [-0.05, 0) is 25.0 Å². The number of ether oxygens (including phenoxy) is 1. The summed E-state index contributed by atoms with van der Waals surface area (Å²) in [4.78, 5) is 25.4. The second-order valence-electron chi connectivity index (χ2n) is 11.9. The number of likely N-dealkylation sites (tertiary alicyclic amines) is 1. The highest BCUT2D eigenvalue weighted by Crippen LogP contribution is 2.39. The van der Waals surface area contributed by atoms with Gasteiger partial charge in [0.25, 0.3) is 0 Å². The van der Waals surface area contributed by atoms with Crippen molar-refractivity contribution in [2.75, 3.05) is 24.6 Å². The lowest BCUT2D eigenvalue weighted by Gasteiger charge is -2.40. The van der Waals surface area contributed by atoms with Crippen molar-refractivity contribution in [2.24, 2.45) is 7.05 Å². The smallest absolute Gasteiger partial charge is 0.407 e. The summed E-state index contributed by atoms with van der Waals surface area (Å²) in [7, 11) is 0.663. The van der Waals surface area contributed by atoms with Gasteiger partial charge in [0.1, 0.15) is 18.1 Å². The Kier molecular flexibility index (Phi) is 6.55. The van der Waals surface area contributed by atoms with Crippen LogP contribution in [0.4, 0.5) is 10.6 Å². The minimum absolute atomic E-state index is 0.102. The van der Waals surface area contributed by atoms with Crippen LogP contribution in [0.1, 0.15) is 12.8 Å². The maximum Gasteiger partial charge on any atom is 0.407 e. The van der Waals surface area contributed by atoms with Gasteiger partial charge in [-0.15, -0.1) is 0 Å². The highest BCUT2D eigenvalue weighted by Gasteiger charge is 2.42. The highest BCUT2D eigenvalue weighted by molar-refractivity contribution is 6.76. The minimum Gasteiger partial charge on any atom is -0.465 e. The number of hydrogen-bond acceptors (Lipinski definition) is 6. The number of halogens is 1. The molecule has 10 nitrogen and oxygen atoms in total. The summed E-state index contributed by atoms with van der Waals surface area (Å²) >= 11 is 6.92. The van der Waals surface area contributed by atoms with E-state index in [4.69, 9.17) is 26.3 Å². The van der Waals surface area contributed by atoms with E-state index in [1.54, 1.807) is 4.68 Å². The third-order valence-corrected chi connectivity index (χ3v) is 9.94. The fourth-order valence-electron chi connectivity index (χ4n) is 5.82. The van der Waals surface area contributed by atoms with Gasteiger partial charge in [0.2, 0.25) is 0 Å². The zero-order chi connectivity index (χ0) is 27.5. The third kappa shape index (κ3) is 4.87. The van der Waals surface area contributed by atoms with Crippen molar-refractivity contribution in [1.82, 2.24) is 29.2 Å². The molecule has 4 aromatic rings. The minimum atomic E-state index is -1.22. The monoisotopic (exact) mass is 567 g/mol. The Labute approximate surface area is 233 Å². The summed E-state index contributed by atoms with van der Waals surface area (Å²) in [5, 5.41) is 15.5. The van der Waals surface area contributed by atoms with E-state index in [9.17, 15) is 9.90 Å². The molecule has 2 aliphatic heterocycles. The summed E-state index contributed by atoms with van der Waals surface area (Å²) < 4.78 is 9.92. The molecule has 2 fully saturated rings. The fourth-order valence-corrected chi connectivity index (χ4v) is 6.89. The molecule has 2 saturated heterocycles. The van der Waals surface area contributed by atoms with Gasteiger partial charge < -0.3 is 24.2 Å². The molecule has 3 aromatic heterocycles. The molecule has 12 heteroatoms. The molecule has 0 saturated carbocycles. The van der Waals surface area contributed by atoms with Crippen molar-refractivity contribution in [1.29, 1.82) is 0 Å². The molecule has 6 rings (SSSR count). The molecule has 1 N–H and O–H groups in total. The molecule has 2 aliphatic rings. The number of carbonyl (C=O) groups is 1. The second-order valence-corrected chi connectivity index (χ2v) is 17.9. The molecule has 2 bridgehead atoms. The van der Waals surface area contributed by atoms with Crippen molar-refractivity contribution in [3.05, 3.63) is 35.7 Å². The number of aryl methyl sites for hydroxylation is 1. The van der Waals surface area contributed by atoms with Crippen LogP contribution in [0.15, 0.2) is 30.7 Å². The fraction of sp³-hybridized carbons (Fsp3) is 0.481. The second kappa shape index (κ2) is 9.79. The number of anilines is 1. The Balaban J connectivity index is 1.39. The number of hydrogen-bond donors (Lipinski definition) is 1. The van der Waals surface area contributed by atoms with Crippen LogP contribution in [0.2, 0.25) is 30.7 Å². The maximum atomic E-state index is 11.6. The zero-order valence-corrected chi connectivity index (χ0v) is 24.5. The van der Waals surface area contributed by atoms with Crippen LogP contribution in [0.3, 0.4) is 0 Å². The van der Waals surface area contributed by atoms with Crippen molar-refractivity contribution in [3.63, 3.8) is 0 Å². The first-order chi connectivity index (χ1) is 18.6. The van der Waals surface area contributed by atoms with E-state index in [2.05, 4.69) is 29.6 Å². The Hall–Kier alpha value is -3.15. The average molecular weight is 568 g/mol. The van der Waals surface area contributed by atoms with E-state index in [1.165, 1.54) is 4.90 Å². The SMILES string of the molecule is Cn1cc2c(Cl)c(-c3cn(COCC[Si](C)(C)C)c4nc(N5C6CCC5CN(C(=O)O)C6)cnc34)ccc2n1. The molecule has 1 amide bonds. The molecule has 0 aliphatic carbocycles. The standard InChI is InChI=1S/C27H34ClN7O3Si/c1-32-14-21-22(31-32)8-7-19(24(21)28)20-15-34(16-38-9-10-39(2,3)4)26-25(20)29-11-23(30-26)35-17-5-6-18(35)13-33(12-17)27(36)37/h7-8,11,14-15,17-18H,5-6,9-10,12-13,16H2,1-4H3,(H,36,37). The number of fused-ring (bicyclic) bond motifs is 4. The zero-order valence-electron chi connectivity index (χ0n) is 22.8. The normalized spacial score (nSPS) is 19.5. The van der Waals surface area contributed by atoms with Crippen molar-refractivity contribution >= 4 is 53.7 Å². The lowest BCUT2D eigenvalue weighted by atomic mass is 10.1. The third-order valence-electron chi connectivity index (χ3n) is 7.83. The number of nitrogens with zero attached hydrogens (tertiary/aromatic N) is 7. The first-order valence-electron chi connectivity index (χ1n) is 13.4. The van der Waals surface area contributed by atoms with E-state index in [-0.39, 0.29) is 12.1 Å². The number of benzene rings is 1. The van der Waals surface area contributed by atoms with Gasteiger partial charge in [0.15, 0.2) is 5.65 Å². The molecule has 5 heterocycles. The molecule has 0 radical (unpaired) electrons. The van der Waals surface area contributed by atoms with Crippen molar-refractivity contribution in [3.8, 4) is 11.1 Å². The van der Waals surface area contributed by atoms with Crippen LogP contribution in [0.5, 0.6) is 0 Å². The predicted octanol–water partition coefficient (Wildman–Crippen LogP) is 5.28. The van der Waals surface area contributed by atoms with Gasteiger partial charge in [-0.2, -0.15) is 5.10 Å². The van der Waals surface area contributed by atoms with Gasteiger partial charge in [-0.1, -0.05) is 37.3 Å². The molecule has 1 aromatic carbocycles. The van der Waals surface area contributed by atoms with E-state index in [0.717, 1.165) is 57.9 Å². The topological polar surface area (TPSA) is 102 Å². The lowest BCUT2D eigenvalue weighted by Crippen LogP contribution is -2.55. The lowest BCUT2D eigenvalue weighted by molar-refractivity contribution is 0.0899. The van der Waals surface area contributed by atoms with Gasteiger partial charge in [-0.25, -0.2) is 14.8 Å². The summed E-state index contributed by atoms with van der Waals surface area (Å²) in [5.41, 5.74) is 4.11. The van der Waals surface area contributed by atoms with Crippen LogP contribution in [-0.4, -0.2) is 80.3 Å². The van der Waals surface area contributed by atoms with Crippen LogP contribution < -0.4 is 4.90 Å². The largest absolute Gasteiger partial charge is 0.465 e. The Morgan fingerprint density at radius 2 is 1.90 bits per heavy atom. The van der Waals surface area contributed by atoms with Crippen molar-refractivity contribution < 1.29 is 14.6 Å². The molecule has 2 atom stereocenters. The van der Waals surface area contributed by atoms with Gasteiger partial charge in [-0.3, -0.25) is 4.68 Å². The van der Waals surface area contributed by atoms with Gasteiger partial charge in [0.05, 0.1) is 16.7 Å². The number of carboxylic acid groups (broad SMARTS) is 1. The summed E-state index contributed by atoms with van der Waals surface area (Å²) in [6.07, 6.45) is 6.81. The Morgan fingerprint density at radius 3 is 2.59 bits per heavy atom. The van der Waals surface area contributed by atoms with E-state index in [0.29, 0.717) is 31.4 Å². The first-order valence-corrected chi connectivity index (χ1v) is 17.5. The molecule has 2 unspecified atom stereocenters. The summed E-state index contributed by atoms with van der Waals surface area (Å²) in [6, 6.07) is 5.25. The van der Waals surface area contributed by atoms with Gasteiger partial charge in [0, 0.05) is 75.8 Å². The first kappa shape index (κ1) is 26.1. The average Bonchev–Trinajstić information content (AvgIpc) is 3.52. The predicted molar refractivity (Wildman–Crippen MR) is 155 cm³/mol. The van der Waals surface area contributed by atoms with Crippen LogP contribution in [0, 0.1) is 0 Å². The number of piperazine rings is 1. The van der Waals surface area contributed by atoms with Gasteiger partial charge >= 0.3 is 6.09 Å². The quantitative estimate of drug-likeness (QED) is 0.239. The van der Waals surface area contributed by atoms with E-state index >= 15 is 0 Å². The molecule has 0 spiro atoms. The maximum absolute atomic E-state index is 11.6. The van der Waals surface area contributed by atoms with E-state index < -0.39 is 14.2 Å². The number of amides is 1. The number of aromatic nitrogens is 5. The summed E-state index contributed by atoms with van der Waals surface area (Å²) in [5.74, 6) is 0.779. The molecular formula is C27H34ClN7O3Si. The molecular weight excluding hydrogens is 534 g/mol. The Bertz CT molecular complexity index is 1550.